The van der Waals surface area contributed by atoms with Crippen LogP contribution in [-0.2, 0) is 15.6 Å². The Morgan fingerprint density at radius 2 is 1.90 bits per heavy atom. The zero-order valence-electron chi connectivity index (χ0n) is 10.8. The third-order valence-corrected chi connectivity index (χ3v) is 4.52. The van der Waals surface area contributed by atoms with Gasteiger partial charge in [0.1, 0.15) is 19.0 Å². The maximum atomic E-state index is 12.3. The van der Waals surface area contributed by atoms with Crippen molar-refractivity contribution in [3.8, 4) is 11.5 Å². The highest BCUT2D eigenvalue weighted by Crippen LogP contribution is 2.33. The Labute approximate surface area is 116 Å². The van der Waals surface area contributed by atoms with Crippen LogP contribution in [0.25, 0.3) is 0 Å². The molecule has 0 saturated carbocycles. The molecule has 1 aromatic carbocycles. The Kier molecular flexibility index (Phi) is 3.13. The molecule has 0 radical (unpaired) electrons. The lowest BCUT2D eigenvalue weighted by Crippen LogP contribution is -2.16. The van der Waals surface area contributed by atoms with E-state index in [-0.39, 0.29) is 10.6 Å². The van der Waals surface area contributed by atoms with Gasteiger partial charge in [-0.25, -0.2) is 8.42 Å². The predicted molar refractivity (Wildman–Crippen MR) is 69.6 cm³/mol. The van der Waals surface area contributed by atoms with Gasteiger partial charge in [-0.05, 0) is 19.1 Å². The number of hydrogen-bond donors (Lipinski definition) is 0. The molecule has 0 atom stereocenters. The SMILES string of the molecule is Cc1cc(CS(=O)(=O)c2ccc3c(c2)OCCO3)on1. The molecule has 2 heterocycles. The van der Waals surface area contributed by atoms with Crippen molar-refractivity contribution in [3.63, 3.8) is 0 Å². The summed E-state index contributed by atoms with van der Waals surface area (Å²) in [6, 6.07) is 6.20. The fraction of sp³-hybridized carbons (Fsp3) is 0.308. The molecule has 0 N–H and O–H groups in total. The predicted octanol–water partition coefficient (Wildman–Crippen LogP) is 1.73. The average molecular weight is 295 g/mol. The first kappa shape index (κ1) is 13.0. The minimum Gasteiger partial charge on any atom is -0.486 e. The summed E-state index contributed by atoms with van der Waals surface area (Å²) in [4.78, 5) is 0.177. The topological polar surface area (TPSA) is 78.6 Å². The Bertz CT molecular complexity index is 735. The second-order valence-corrected chi connectivity index (χ2v) is 6.49. The van der Waals surface area contributed by atoms with E-state index < -0.39 is 9.84 Å². The van der Waals surface area contributed by atoms with Crippen molar-refractivity contribution in [2.75, 3.05) is 13.2 Å². The van der Waals surface area contributed by atoms with Crippen LogP contribution in [0, 0.1) is 6.92 Å². The molecule has 0 aliphatic carbocycles. The van der Waals surface area contributed by atoms with Crippen molar-refractivity contribution < 1.29 is 22.4 Å². The molecule has 0 unspecified atom stereocenters. The molecule has 0 amide bonds. The summed E-state index contributed by atoms with van der Waals surface area (Å²) in [5.41, 5.74) is 0.650. The maximum absolute atomic E-state index is 12.3. The van der Waals surface area contributed by atoms with Gasteiger partial charge in [0, 0.05) is 12.1 Å². The summed E-state index contributed by atoms with van der Waals surface area (Å²) >= 11 is 0. The van der Waals surface area contributed by atoms with Crippen LogP contribution in [0.15, 0.2) is 33.7 Å². The summed E-state index contributed by atoms with van der Waals surface area (Å²) in [6.45, 7) is 2.62. The molecule has 1 aliphatic rings. The Morgan fingerprint density at radius 3 is 2.60 bits per heavy atom. The minimum atomic E-state index is -3.50. The van der Waals surface area contributed by atoms with Crippen LogP contribution in [0.5, 0.6) is 11.5 Å². The van der Waals surface area contributed by atoms with Gasteiger partial charge in [-0.15, -0.1) is 0 Å². The second-order valence-electron chi connectivity index (χ2n) is 4.50. The molecule has 2 aromatic rings. The number of benzene rings is 1. The normalized spacial score (nSPS) is 14.2. The smallest absolute Gasteiger partial charge is 0.185 e. The first-order valence-corrected chi connectivity index (χ1v) is 7.74. The van der Waals surface area contributed by atoms with E-state index in [1.807, 2.05) is 0 Å². The van der Waals surface area contributed by atoms with Crippen LogP contribution < -0.4 is 9.47 Å². The van der Waals surface area contributed by atoms with Gasteiger partial charge < -0.3 is 14.0 Å². The van der Waals surface area contributed by atoms with Crippen molar-refractivity contribution in [1.82, 2.24) is 5.16 Å². The van der Waals surface area contributed by atoms with Crippen LogP contribution in [0.3, 0.4) is 0 Å². The molecule has 106 valence electrons. The second kappa shape index (κ2) is 4.82. The number of sulfone groups is 1. The summed E-state index contributed by atoms with van der Waals surface area (Å²) in [7, 11) is -3.50. The zero-order chi connectivity index (χ0) is 14.2. The molecular formula is C13H13NO5S. The minimum absolute atomic E-state index is 0.177. The fourth-order valence-electron chi connectivity index (χ4n) is 1.97. The number of fused-ring (bicyclic) bond motifs is 1. The van der Waals surface area contributed by atoms with Crippen LogP contribution >= 0.6 is 0 Å². The van der Waals surface area contributed by atoms with Crippen LogP contribution in [-0.4, -0.2) is 26.8 Å². The molecule has 0 bridgehead atoms. The molecule has 0 saturated heterocycles. The molecule has 20 heavy (non-hydrogen) atoms. The van der Waals surface area contributed by atoms with Crippen molar-refractivity contribution in [2.45, 2.75) is 17.6 Å². The molecule has 1 aliphatic heterocycles. The first-order valence-electron chi connectivity index (χ1n) is 6.09. The van der Waals surface area contributed by atoms with Gasteiger partial charge in [0.05, 0.1) is 10.6 Å². The van der Waals surface area contributed by atoms with Gasteiger partial charge in [-0.3, -0.25) is 0 Å². The molecule has 0 spiro atoms. The first-order chi connectivity index (χ1) is 9.54. The largest absolute Gasteiger partial charge is 0.486 e. The van der Waals surface area contributed by atoms with E-state index >= 15 is 0 Å². The lowest BCUT2D eigenvalue weighted by Gasteiger charge is -2.18. The Balaban J connectivity index is 1.91. The lowest BCUT2D eigenvalue weighted by molar-refractivity contribution is 0.171. The number of rotatable bonds is 3. The Hall–Kier alpha value is -2.02. The monoisotopic (exact) mass is 295 g/mol. The number of nitrogens with zero attached hydrogens (tertiary/aromatic N) is 1. The number of aryl methyl sites for hydroxylation is 1. The average Bonchev–Trinajstić information content (AvgIpc) is 2.83. The van der Waals surface area contributed by atoms with E-state index in [1.165, 1.54) is 12.1 Å². The lowest BCUT2D eigenvalue weighted by atomic mass is 10.3. The van der Waals surface area contributed by atoms with E-state index in [2.05, 4.69) is 5.16 Å². The highest BCUT2D eigenvalue weighted by atomic mass is 32.2. The van der Waals surface area contributed by atoms with Crippen LogP contribution in [0.4, 0.5) is 0 Å². The van der Waals surface area contributed by atoms with Crippen molar-refractivity contribution in [3.05, 3.63) is 35.7 Å². The van der Waals surface area contributed by atoms with E-state index in [0.29, 0.717) is 36.2 Å². The number of hydrogen-bond acceptors (Lipinski definition) is 6. The highest BCUT2D eigenvalue weighted by Gasteiger charge is 2.21. The van der Waals surface area contributed by atoms with Crippen molar-refractivity contribution in [1.29, 1.82) is 0 Å². The van der Waals surface area contributed by atoms with Gasteiger partial charge in [-0.1, -0.05) is 5.16 Å². The molecule has 0 fully saturated rings. The van der Waals surface area contributed by atoms with Gasteiger partial charge >= 0.3 is 0 Å². The van der Waals surface area contributed by atoms with Gasteiger partial charge in [0.15, 0.2) is 27.1 Å². The third-order valence-electron chi connectivity index (χ3n) is 2.88. The molecule has 7 heteroatoms. The van der Waals surface area contributed by atoms with Gasteiger partial charge in [0.25, 0.3) is 0 Å². The standard InChI is InChI=1S/C13H13NO5S/c1-9-6-10(19-14-9)8-20(15,16)11-2-3-12-13(7-11)18-5-4-17-12/h2-3,6-7H,4-5,8H2,1H3. The fourth-order valence-corrected chi connectivity index (χ4v) is 3.21. The third kappa shape index (κ3) is 2.49. The van der Waals surface area contributed by atoms with E-state index in [0.717, 1.165) is 0 Å². The van der Waals surface area contributed by atoms with Gasteiger partial charge in [-0.2, -0.15) is 0 Å². The highest BCUT2D eigenvalue weighted by molar-refractivity contribution is 7.90. The molecule has 3 rings (SSSR count). The number of aromatic nitrogens is 1. The van der Waals surface area contributed by atoms with Gasteiger partial charge in [0.2, 0.25) is 0 Å². The molecule has 6 nitrogen and oxygen atoms in total. The number of ether oxygens (including phenoxy) is 2. The van der Waals surface area contributed by atoms with E-state index in [9.17, 15) is 8.42 Å². The zero-order valence-corrected chi connectivity index (χ0v) is 11.6. The summed E-state index contributed by atoms with van der Waals surface area (Å²) in [5, 5.41) is 3.68. The Morgan fingerprint density at radius 1 is 1.15 bits per heavy atom. The van der Waals surface area contributed by atoms with Crippen molar-refractivity contribution in [2.24, 2.45) is 0 Å². The van der Waals surface area contributed by atoms with Crippen LogP contribution in [0.2, 0.25) is 0 Å². The summed E-state index contributed by atoms with van der Waals surface area (Å²) in [5.74, 6) is 1.10. The van der Waals surface area contributed by atoms with E-state index in [1.54, 1.807) is 19.1 Å². The molecule has 1 aromatic heterocycles. The van der Waals surface area contributed by atoms with E-state index in [4.69, 9.17) is 14.0 Å². The maximum Gasteiger partial charge on any atom is 0.185 e. The summed E-state index contributed by atoms with van der Waals surface area (Å²) < 4.78 is 40.3. The summed E-state index contributed by atoms with van der Waals surface area (Å²) in [6.07, 6.45) is 0. The van der Waals surface area contributed by atoms with Crippen molar-refractivity contribution >= 4 is 9.84 Å². The quantitative estimate of drug-likeness (QED) is 0.858. The van der Waals surface area contributed by atoms with Crippen LogP contribution in [0.1, 0.15) is 11.5 Å². The molecular weight excluding hydrogens is 282 g/mol.